The van der Waals surface area contributed by atoms with Crippen molar-refractivity contribution in [1.29, 1.82) is 0 Å². The standard InChI is InChI=1S/C15H22N2O2/c1-2-4-11-7-9-17(10-8-11)14-12(15(18)19)5-3-6-13(14)16/h3,5-6,11H,2,4,7-10,16H2,1H3,(H,18,19). The van der Waals surface area contributed by atoms with Gasteiger partial charge in [-0.2, -0.15) is 0 Å². The Morgan fingerprint density at radius 2 is 2.11 bits per heavy atom. The van der Waals surface area contributed by atoms with Crippen molar-refractivity contribution in [3.05, 3.63) is 23.8 Å². The Balaban J connectivity index is 2.17. The average Bonchev–Trinajstić information content (AvgIpc) is 2.40. The fraction of sp³-hybridized carbons (Fsp3) is 0.533. The lowest BCUT2D eigenvalue weighted by atomic mass is 9.92. The third kappa shape index (κ3) is 3.00. The minimum atomic E-state index is -0.905. The van der Waals surface area contributed by atoms with Crippen molar-refractivity contribution in [2.75, 3.05) is 23.7 Å². The second kappa shape index (κ2) is 5.95. The van der Waals surface area contributed by atoms with Crippen LogP contribution in [0.25, 0.3) is 0 Å². The maximum atomic E-state index is 11.3. The molecule has 2 rings (SSSR count). The zero-order chi connectivity index (χ0) is 13.8. The fourth-order valence-electron chi connectivity index (χ4n) is 2.94. The summed E-state index contributed by atoms with van der Waals surface area (Å²) >= 11 is 0. The van der Waals surface area contributed by atoms with E-state index in [1.165, 1.54) is 12.8 Å². The number of aromatic carboxylic acids is 1. The Bertz CT molecular complexity index is 451. The molecule has 104 valence electrons. The number of benzene rings is 1. The zero-order valence-corrected chi connectivity index (χ0v) is 11.4. The number of para-hydroxylation sites is 1. The van der Waals surface area contributed by atoms with Gasteiger partial charge in [0, 0.05) is 13.1 Å². The molecule has 1 aromatic rings. The van der Waals surface area contributed by atoms with Crippen LogP contribution in [0.3, 0.4) is 0 Å². The second-order valence-electron chi connectivity index (χ2n) is 5.27. The van der Waals surface area contributed by atoms with Crippen LogP contribution in [-0.2, 0) is 0 Å². The van der Waals surface area contributed by atoms with Crippen LogP contribution in [0.5, 0.6) is 0 Å². The summed E-state index contributed by atoms with van der Waals surface area (Å²) in [4.78, 5) is 13.4. The first-order valence-corrected chi connectivity index (χ1v) is 7.00. The Morgan fingerprint density at radius 3 is 2.68 bits per heavy atom. The van der Waals surface area contributed by atoms with Gasteiger partial charge >= 0.3 is 5.97 Å². The van der Waals surface area contributed by atoms with Gasteiger partial charge in [0.15, 0.2) is 0 Å². The van der Waals surface area contributed by atoms with Gasteiger partial charge in [-0.3, -0.25) is 0 Å². The summed E-state index contributed by atoms with van der Waals surface area (Å²) in [5.41, 5.74) is 7.55. The molecule has 0 aromatic heterocycles. The number of nitrogen functional groups attached to an aromatic ring is 1. The number of nitrogens with two attached hydrogens (primary N) is 1. The van der Waals surface area contributed by atoms with Crippen LogP contribution in [0.1, 0.15) is 43.0 Å². The van der Waals surface area contributed by atoms with E-state index in [0.717, 1.165) is 31.8 Å². The Labute approximate surface area is 114 Å². The van der Waals surface area contributed by atoms with E-state index in [-0.39, 0.29) is 0 Å². The van der Waals surface area contributed by atoms with Gasteiger partial charge in [0.2, 0.25) is 0 Å². The largest absolute Gasteiger partial charge is 0.478 e. The molecule has 0 spiro atoms. The van der Waals surface area contributed by atoms with Crippen molar-refractivity contribution in [2.24, 2.45) is 5.92 Å². The van der Waals surface area contributed by atoms with E-state index in [9.17, 15) is 9.90 Å². The minimum Gasteiger partial charge on any atom is -0.478 e. The molecule has 19 heavy (non-hydrogen) atoms. The molecule has 1 fully saturated rings. The number of piperidine rings is 1. The van der Waals surface area contributed by atoms with E-state index in [0.29, 0.717) is 16.9 Å². The molecule has 1 saturated heterocycles. The molecule has 1 aliphatic heterocycles. The third-order valence-electron chi connectivity index (χ3n) is 3.93. The topological polar surface area (TPSA) is 66.6 Å². The van der Waals surface area contributed by atoms with Crippen LogP contribution < -0.4 is 10.6 Å². The molecule has 0 aliphatic carbocycles. The van der Waals surface area contributed by atoms with Crippen molar-refractivity contribution in [2.45, 2.75) is 32.6 Å². The van der Waals surface area contributed by atoms with E-state index >= 15 is 0 Å². The summed E-state index contributed by atoms with van der Waals surface area (Å²) in [5, 5.41) is 9.27. The molecule has 0 unspecified atom stereocenters. The molecular formula is C15H22N2O2. The van der Waals surface area contributed by atoms with Gasteiger partial charge in [-0.25, -0.2) is 4.79 Å². The van der Waals surface area contributed by atoms with Crippen LogP contribution >= 0.6 is 0 Å². The molecule has 1 aliphatic rings. The molecule has 1 heterocycles. The first-order chi connectivity index (χ1) is 9.13. The number of anilines is 2. The van der Waals surface area contributed by atoms with Gasteiger partial charge in [-0.1, -0.05) is 25.8 Å². The van der Waals surface area contributed by atoms with E-state index in [1.807, 2.05) is 0 Å². The maximum Gasteiger partial charge on any atom is 0.337 e. The lowest BCUT2D eigenvalue weighted by Gasteiger charge is -2.35. The monoisotopic (exact) mass is 262 g/mol. The van der Waals surface area contributed by atoms with Crippen molar-refractivity contribution < 1.29 is 9.90 Å². The van der Waals surface area contributed by atoms with Crippen LogP contribution in [0.4, 0.5) is 11.4 Å². The minimum absolute atomic E-state index is 0.314. The van der Waals surface area contributed by atoms with E-state index in [2.05, 4.69) is 11.8 Å². The summed E-state index contributed by atoms with van der Waals surface area (Å²) in [7, 11) is 0. The zero-order valence-electron chi connectivity index (χ0n) is 11.4. The maximum absolute atomic E-state index is 11.3. The highest BCUT2D eigenvalue weighted by atomic mass is 16.4. The first-order valence-electron chi connectivity index (χ1n) is 7.00. The predicted molar refractivity (Wildman–Crippen MR) is 77.7 cm³/mol. The number of nitrogens with zero attached hydrogens (tertiary/aromatic N) is 1. The number of rotatable bonds is 4. The van der Waals surface area contributed by atoms with Crippen molar-refractivity contribution >= 4 is 17.3 Å². The lowest BCUT2D eigenvalue weighted by molar-refractivity contribution is 0.0697. The molecule has 0 bridgehead atoms. The molecule has 1 aromatic carbocycles. The van der Waals surface area contributed by atoms with Gasteiger partial charge < -0.3 is 15.7 Å². The molecule has 0 atom stereocenters. The Morgan fingerprint density at radius 1 is 1.42 bits per heavy atom. The van der Waals surface area contributed by atoms with Gasteiger partial charge in [0.25, 0.3) is 0 Å². The molecule has 0 saturated carbocycles. The summed E-state index contributed by atoms with van der Waals surface area (Å²) in [6.45, 7) is 4.02. The average molecular weight is 262 g/mol. The highest BCUT2D eigenvalue weighted by molar-refractivity contribution is 5.98. The number of carbonyl (C=O) groups is 1. The SMILES string of the molecule is CCCC1CCN(c2c(N)cccc2C(=O)O)CC1. The fourth-order valence-corrected chi connectivity index (χ4v) is 2.94. The van der Waals surface area contributed by atoms with E-state index in [1.54, 1.807) is 18.2 Å². The Kier molecular flexibility index (Phi) is 4.30. The van der Waals surface area contributed by atoms with E-state index in [4.69, 9.17) is 5.73 Å². The van der Waals surface area contributed by atoms with Crippen molar-refractivity contribution in [1.82, 2.24) is 0 Å². The van der Waals surface area contributed by atoms with Crippen molar-refractivity contribution in [3.8, 4) is 0 Å². The van der Waals surface area contributed by atoms with Crippen molar-refractivity contribution in [3.63, 3.8) is 0 Å². The van der Waals surface area contributed by atoms with Crippen LogP contribution in [-0.4, -0.2) is 24.2 Å². The predicted octanol–water partition coefficient (Wildman–Crippen LogP) is 2.98. The highest BCUT2D eigenvalue weighted by Gasteiger charge is 2.23. The summed E-state index contributed by atoms with van der Waals surface area (Å²) in [6.07, 6.45) is 4.74. The normalized spacial score (nSPS) is 16.6. The molecule has 4 heteroatoms. The number of carboxylic acid groups (broad SMARTS) is 1. The Hall–Kier alpha value is -1.71. The molecule has 0 amide bonds. The smallest absolute Gasteiger partial charge is 0.337 e. The number of carboxylic acids is 1. The van der Waals surface area contributed by atoms with Crippen LogP contribution in [0.15, 0.2) is 18.2 Å². The summed E-state index contributed by atoms with van der Waals surface area (Å²) in [6, 6.07) is 5.11. The molecule has 0 radical (unpaired) electrons. The molecular weight excluding hydrogens is 240 g/mol. The van der Waals surface area contributed by atoms with Crippen LogP contribution in [0.2, 0.25) is 0 Å². The lowest BCUT2D eigenvalue weighted by Crippen LogP contribution is -2.35. The number of hydrogen-bond acceptors (Lipinski definition) is 3. The van der Waals surface area contributed by atoms with Gasteiger partial charge in [0.05, 0.1) is 16.9 Å². The highest BCUT2D eigenvalue weighted by Crippen LogP contribution is 2.32. The van der Waals surface area contributed by atoms with E-state index < -0.39 is 5.97 Å². The second-order valence-corrected chi connectivity index (χ2v) is 5.27. The van der Waals surface area contributed by atoms with Gasteiger partial charge in [-0.15, -0.1) is 0 Å². The third-order valence-corrected chi connectivity index (χ3v) is 3.93. The number of hydrogen-bond donors (Lipinski definition) is 2. The first kappa shape index (κ1) is 13.7. The summed E-state index contributed by atoms with van der Waals surface area (Å²) in [5.74, 6) is -0.127. The van der Waals surface area contributed by atoms with Gasteiger partial charge in [0.1, 0.15) is 0 Å². The molecule has 3 N–H and O–H groups in total. The molecule has 4 nitrogen and oxygen atoms in total. The quantitative estimate of drug-likeness (QED) is 0.819. The van der Waals surface area contributed by atoms with Crippen LogP contribution in [0, 0.1) is 5.92 Å². The summed E-state index contributed by atoms with van der Waals surface area (Å²) < 4.78 is 0. The van der Waals surface area contributed by atoms with Gasteiger partial charge in [-0.05, 0) is 30.9 Å².